The highest BCUT2D eigenvalue weighted by Gasteiger charge is 2.14. The van der Waals surface area contributed by atoms with Crippen LogP contribution in [0.5, 0.6) is 5.75 Å². The molecular weight excluding hydrogens is 224 g/mol. The zero-order valence-corrected chi connectivity index (χ0v) is 12.0. The van der Waals surface area contributed by atoms with Crippen LogP contribution in [0.3, 0.4) is 0 Å². The Bertz CT molecular complexity index is 335. The van der Waals surface area contributed by atoms with E-state index in [1.54, 1.807) is 0 Å². The first kappa shape index (κ1) is 14.8. The lowest BCUT2D eigenvalue weighted by atomic mass is 9.95. The molecule has 1 rings (SSSR count). The average Bonchev–Trinajstić information content (AvgIpc) is 2.36. The Balaban J connectivity index is 2.63. The summed E-state index contributed by atoms with van der Waals surface area (Å²) in [7, 11) is 2.11. The highest BCUT2D eigenvalue weighted by molar-refractivity contribution is 5.48. The molecule has 0 aromatic heterocycles. The molecule has 0 aliphatic rings. The number of nitrogens with two attached hydrogens (primary N) is 1. The number of nitrogens with zero attached hydrogens (tertiary/aromatic N) is 1. The van der Waals surface area contributed by atoms with Gasteiger partial charge in [-0.3, -0.25) is 0 Å². The van der Waals surface area contributed by atoms with Gasteiger partial charge in [0.05, 0.1) is 6.61 Å². The summed E-state index contributed by atoms with van der Waals surface area (Å²) in [6.45, 7) is 8.88. The van der Waals surface area contributed by atoms with Crippen LogP contribution in [0, 0.1) is 11.8 Å². The Morgan fingerprint density at radius 2 is 1.83 bits per heavy atom. The summed E-state index contributed by atoms with van der Waals surface area (Å²) in [5.74, 6) is 2.07. The summed E-state index contributed by atoms with van der Waals surface area (Å²) in [6, 6.07) is 8.22. The summed E-state index contributed by atoms with van der Waals surface area (Å²) >= 11 is 0. The van der Waals surface area contributed by atoms with Gasteiger partial charge in [0.15, 0.2) is 0 Å². The number of rotatable bonds is 7. The molecule has 0 spiro atoms. The SMILES string of the molecule is CCOc1ccc(N(C)CC(CN)C(C)C)cc1. The fourth-order valence-electron chi connectivity index (χ4n) is 1.98. The lowest BCUT2D eigenvalue weighted by Crippen LogP contribution is -2.33. The van der Waals surface area contributed by atoms with E-state index < -0.39 is 0 Å². The van der Waals surface area contributed by atoms with Gasteiger partial charge in [-0.25, -0.2) is 0 Å². The quantitative estimate of drug-likeness (QED) is 0.808. The highest BCUT2D eigenvalue weighted by Crippen LogP contribution is 2.20. The van der Waals surface area contributed by atoms with Gasteiger partial charge in [-0.05, 0) is 49.6 Å². The number of ether oxygens (including phenoxy) is 1. The van der Waals surface area contributed by atoms with Crippen molar-refractivity contribution in [3.05, 3.63) is 24.3 Å². The van der Waals surface area contributed by atoms with Crippen molar-refractivity contribution in [3.8, 4) is 5.75 Å². The van der Waals surface area contributed by atoms with E-state index in [0.717, 1.165) is 18.8 Å². The van der Waals surface area contributed by atoms with Gasteiger partial charge >= 0.3 is 0 Å². The van der Waals surface area contributed by atoms with Crippen molar-refractivity contribution < 1.29 is 4.74 Å². The van der Waals surface area contributed by atoms with Crippen molar-refractivity contribution >= 4 is 5.69 Å². The second kappa shape index (κ2) is 7.27. The van der Waals surface area contributed by atoms with Crippen LogP contribution < -0.4 is 15.4 Å². The molecule has 2 N–H and O–H groups in total. The maximum absolute atomic E-state index is 5.82. The highest BCUT2D eigenvalue weighted by atomic mass is 16.5. The molecule has 0 amide bonds. The molecule has 0 bridgehead atoms. The monoisotopic (exact) mass is 250 g/mol. The second-order valence-corrected chi connectivity index (χ2v) is 5.05. The molecule has 1 atom stereocenters. The maximum atomic E-state index is 5.82. The van der Waals surface area contributed by atoms with E-state index >= 15 is 0 Å². The summed E-state index contributed by atoms with van der Waals surface area (Å²) in [5.41, 5.74) is 7.02. The van der Waals surface area contributed by atoms with Gasteiger partial charge in [-0.1, -0.05) is 13.8 Å². The van der Waals surface area contributed by atoms with Crippen molar-refractivity contribution in [1.82, 2.24) is 0 Å². The van der Waals surface area contributed by atoms with E-state index in [1.165, 1.54) is 5.69 Å². The molecule has 1 aromatic rings. The van der Waals surface area contributed by atoms with Crippen LogP contribution >= 0.6 is 0 Å². The molecule has 0 saturated carbocycles. The number of anilines is 1. The van der Waals surface area contributed by atoms with Crippen LogP contribution in [0.15, 0.2) is 24.3 Å². The van der Waals surface area contributed by atoms with Crippen molar-refractivity contribution in [2.24, 2.45) is 17.6 Å². The Kier molecular flexibility index (Phi) is 5.99. The first-order valence-electron chi connectivity index (χ1n) is 6.72. The molecular formula is C15H26N2O. The first-order chi connectivity index (χ1) is 8.58. The minimum Gasteiger partial charge on any atom is -0.494 e. The molecule has 0 aliphatic heterocycles. The Morgan fingerprint density at radius 3 is 2.28 bits per heavy atom. The summed E-state index contributed by atoms with van der Waals surface area (Å²) in [5, 5.41) is 0. The van der Waals surface area contributed by atoms with Gasteiger partial charge in [0, 0.05) is 19.3 Å². The molecule has 0 fully saturated rings. The Hall–Kier alpha value is -1.22. The normalized spacial score (nSPS) is 12.6. The molecule has 1 unspecified atom stereocenters. The lowest BCUT2D eigenvalue weighted by molar-refractivity contribution is 0.340. The summed E-state index contributed by atoms with van der Waals surface area (Å²) in [6.07, 6.45) is 0. The van der Waals surface area contributed by atoms with E-state index in [2.05, 4.69) is 37.9 Å². The van der Waals surface area contributed by atoms with Crippen molar-refractivity contribution in [1.29, 1.82) is 0 Å². The minimum atomic E-state index is 0.529. The molecule has 1 aromatic carbocycles. The molecule has 3 nitrogen and oxygen atoms in total. The van der Waals surface area contributed by atoms with Gasteiger partial charge in [0.2, 0.25) is 0 Å². The fourth-order valence-corrected chi connectivity index (χ4v) is 1.98. The van der Waals surface area contributed by atoms with Gasteiger partial charge in [0.1, 0.15) is 5.75 Å². The van der Waals surface area contributed by atoms with Gasteiger partial charge < -0.3 is 15.4 Å². The van der Waals surface area contributed by atoms with Gasteiger partial charge in [-0.15, -0.1) is 0 Å². The van der Waals surface area contributed by atoms with E-state index in [1.807, 2.05) is 19.1 Å². The predicted molar refractivity (Wildman–Crippen MR) is 78.3 cm³/mol. The molecule has 0 radical (unpaired) electrons. The number of hydrogen-bond donors (Lipinski definition) is 1. The molecule has 0 aliphatic carbocycles. The van der Waals surface area contributed by atoms with Crippen molar-refractivity contribution in [2.45, 2.75) is 20.8 Å². The van der Waals surface area contributed by atoms with Crippen LogP contribution in [0.1, 0.15) is 20.8 Å². The Morgan fingerprint density at radius 1 is 1.22 bits per heavy atom. The predicted octanol–water partition coefficient (Wildman–Crippen LogP) is 2.75. The second-order valence-electron chi connectivity index (χ2n) is 5.05. The molecule has 0 saturated heterocycles. The first-order valence-corrected chi connectivity index (χ1v) is 6.72. The fraction of sp³-hybridized carbons (Fsp3) is 0.600. The van der Waals surface area contributed by atoms with E-state index in [9.17, 15) is 0 Å². The Labute approximate surface area is 111 Å². The molecule has 3 heteroatoms. The topological polar surface area (TPSA) is 38.5 Å². The van der Waals surface area contributed by atoms with E-state index in [-0.39, 0.29) is 0 Å². The van der Waals surface area contributed by atoms with Crippen LogP contribution in [0.2, 0.25) is 0 Å². The maximum Gasteiger partial charge on any atom is 0.119 e. The largest absolute Gasteiger partial charge is 0.494 e. The third kappa shape index (κ3) is 4.22. The van der Waals surface area contributed by atoms with Crippen LogP contribution in [0.25, 0.3) is 0 Å². The third-order valence-corrected chi connectivity index (χ3v) is 3.34. The molecule has 0 heterocycles. The number of hydrogen-bond acceptors (Lipinski definition) is 3. The summed E-state index contributed by atoms with van der Waals surface area (Å²) < 4.78 is 5.44. The van der Waals surface area contributed by atoms with Crippen molar-refractivity contribution in [2.75, 3.05) is 31.6 Å². The van der Waals surface area contributed by atoms with Crippen LogP contribution in [0.4, 0.5) is 5.69 Å². The smallest absolute Gasteiger partial charge is 0.119 e. The average molecular weight is 250 g/mol. The van der Waals surface area contributed by atoms with Gasteiger partial charge in [-0.2, -0.15) is 0 Å². The zero-order chi connectivity index (χ0) is 13.5. The number of benzene rings is 1. The lowest BCUT2D eigenvalue weighted by Gasteiger charge is -2.27. The van der Waals surface area contributed by atoms with Gasteiger partial charge in [0.25, 0.3) is 0 Å². The van der Waals surface area contributed by atoms with Crippen molar-refractivity contribution in [3.63, 3.8) is 0 Å². The minimum absolute atomic E-state index is 0.529. The standard InChI is InChI=1S/C15H26N2O/c1-5-18-15-8-6-14(7-9-15)17(4)11-13(10-16)12(2)3/h6-9,12-13H,5,10-11,16H2,1-4H3. The van der Waals surface area contributed by atoms with E-state index in [4.69, 9.17) is 10.5 Å². The van der Waals surface area contributed by atoms with E-state index in [0.29, 0.717) is 18.4 Å². The zero-order valence-electron chi connectivity index (χ0n) is 12.0. The molecule has 102 valence electrons. The third-order valence-electron chi connectivity index (χ3n) is 3.34. The summed E-state index contributed by atoms with van der Waals surface area (Å²) in [4.78, 5) is 2.26. The van der Waals surface area contributed by atoms with Crippen LogP contribution in [-0.4, -0.2) is 26.7 Å². The molecule has 18 heavy (non-hydrogen) atoms. The van der Waals surface area contributed by atoms with Crippen LogP contribution in [-0.2, 0) is 0 Å².